The number of piperidine rings is 1. The summed E-state index contributed by atoms with van der Waals surface area (Å²) in [6.07, 6.45) is 4.15. The van der Waals surface area contributed by atoms with Crippen LogP contribution in [0.3, 0.4) is 0 Å². The van der Waals surface area contributed by atoms with Crippen LogP contribution < -0.4 is 14.8 Å². The van der Waals surface area contributed by atoms with Crippen LogP contribution in [0.4, 0.5) is 4.79 Å². The van der Waals surface area contributed by atoms with Gasteiger partial charge in [-0.3, -0.25) is 4.90 Å². The van der Waals surface area contributed by atoms with Crippen LogP contribution in [-0.4, -0.2) is 56.2 Å². The number of benzene rings is 2. The molecular formula is C26H33Cl2N3O3. The molecule has 0 aromatic heterocycles. The minimum atomic E-state index is -0.280. The first-order chi connectivity index (χ1) is 16.3. The fraction of sp³-hybridized carbons (Fsp3) is 0.500. The number of amides is 2. The van der Waals surface area contributed by atoms with Crippen LogP contribution in [-0.2, 0) is 6.42 Å². The number of methoxy groups -OCH3 is 2. The van der Waals surface area contributed by atoms with Crippen LogP contribution in [0.25, 0.3) is 0 Å². The lowest BCUT2D eigenvalue weighted by atomic mass is 9.99. The quantitative estimate of drug-likeness (QED) is 0.533. The SMILES string of the molecule is COc1ccc2c(c1)CCC2N1CCC(N(C)C(=O)N[C@@H](C)c2ccc(OC)c(Cl)c2Cl)CC1. The van der Waals surface area contributed by atoms with E-state index >= 15 is 0 Å². The first-order valence-electron chi connectivity index (χ1n) is 11.8. The molecule has 8 heteroatoms. The molecule has 2 aliphatic rings. The van der Waals surface area contributed by atoms with Crippen LogP contribution in [0.1, 0.15) is 55.0 Å². The van der Waals surface area contributed by atoms with Crippen molar-refractivity contribution < 1.29 is 14.3 Å². The number of carbonyl (C=O) groups excluding carboxylic acids is 1. The van der Waals surface area contributed by atoms with Crippen molar-refractivity contribution in [1.82, 2.24) is 15.1 Å². The summed E-state index contributed by atoms with van der Waals surface area (Å²) in [6.45, 7) is 3.87. The lowest BCUT2D eigenvalue weighted by molar-refractivity contribution is 0.105. The molecule has 0 radical (unpaired) electrons. The van der Waals surface area contributed by atoms with E-state index in [0.29, 0.717) is 21.8 Å². The van der Waals surface area contributed by atoms with E-state index in [4.69, 9.17) is 32.7 Å². The first kappa shape index (κ1) is 25.0. The second kappa shape index (κ2) is 10.6. The monoisotopic (exact) mass is 505 g/mol. The van der Waals surface area contributed by atoms with Crippen molar-refractivity contribution in [1.29, 1.82) is 0 Å². The van der Waals surface area contributed by atoms with Gasteiger partial charge < -0.3 is 19.7 Å². The normalized spacial score (nSPS) is 19.4. The van der Waals surface area contributed by atoms with Gasteiger partial charge in [0.15, 0.2) is 0 Å². The van der Waals surface area contributed by atoms with Crippen LogP contribution in [0.2, 0.25) is 10.0 Å². The molecule has 1 aliphatic heterocycles. The number of rotatable bonds is 6. The molecule has 1 saturated heterocycles. The summed E-state index contributed by atoms with van der Waals surface area (Å²) >= 11 is 12.7. The third-order valence-corrected chi connectivity index (χ3v) is 8.19. The lowest BCUT2D eigenvalue weighted by Crippen LogP contribution is -2.49. The zero-order chi connectivity index (χ0) is 24.4. The molecule has 2 amide bonds. The Morgan fingerprint density at radius 2 is 1.82 bits per heavy atom. The molecule has 0 bridgehead atoms. The zero-order valence-corrected chi connectivity index (χ0v) is 21.7. The average Bonchev–Trinajstić information content (AvgIpc) is 3.28. The van der Waals surface area contributed by atoms with Crippen molar-refractivity contribution in [2.75, 3.05) is 34.4 Å². The van der Waals surface area contributed by atoms with Gasteiger partial charge in [-0.1, -0.05) is 35.3 Å². The predicted octanol–water partition coefficient (Wildman–Crippen LogP) is 5.86. The average molecular weight is 506 g/mol. The molecule has 34 heavy (non-hydrogen) atoms. The van der Waals surface area contributed by atoms with Gasteiger partial charge in [-0.15, -0.1) is 0 Å². The van der Waals surface area contributed by atoms with E-state index in [1.807, 2.05) is 24.9 Å². The molecule has 4 rings (SSSR count). The molecule has 1 N–H and O–H groups in total. The molecule has 2 aromatic carbocycles. The van der Waals surface area contributed by atoms with Gasteiger partial charge in [0, 0.05) is 32.2 Å². The number of nitrogens with zero attached hydrogens (tertiary/aromatic N) is 2. The van der Waals surface area contributed by atoms with Gasteiger partial charge in [0.05, 0.1) is 25.3 Å². The molecule has 2 atom stereocenters. The summed E-state index contributed by atoms with van der Waals surface area (Å²) in [5.74, 6) is 1.44. The van der Waals surface area contributed by atoms with E-state index in [-0.39, 0.29) is 18.1 Å². The van der Waals surface area contributed by atoms with Gasteiger partial charge in [-0.25, -0.2) is 4.79 Å². The van der Waals surface area contributed by atoms with Crippen molar-refractivity contribution in [3.05, 3.63) is 57.1 Å². The number of ether oxygens (including phenoxy) is 2. The summed E-state index contributed by atoms with van der Waals surface area (Å²) in [6, 6.07) is 10.3. The Bertz CT molecular complexity index is 1040. The molecule has 2 aromatic rings. The van der Waals surface area contributed by atoms with Crippen LogP contribution in [0.5, 0.6) is 11.5 Å². The third-order valence-electron chi connectivity index (χ3n) is 7.31. The standard InChI is InChI=1S/C26H33Cl2N3O3/c1-16(20-8-10-23(34-4)25(28)24(20)27)29-26(32)30(2)18-11-13-31(14-12-18)22-9-5-17-15-19(33-3)6-7-21(17)22/h6-8,10,15-16,18,22H,5,9,11-14H2,1-4H3,(H,29,32)/t16-,22?/m0/s1. The molecule has 1 heterocycles. The maximum atomic E-state index is 13.0. The summed E-state index contributed by atoms with van der Waals surface area (Å²) in [4.78, 5) is 17.4. The van der Waals surface area contributed by atoms with Crippen LogP contribution in [0, 0.1) is 0 Å². The number of aryl methyl sites for hydroxylation is 1. The van der Waals surface area contributed by atoms with E-state index < -0.39 is 0 Å². The van der Waals surface area contributed by atoms with Crippen LogP contribution in [0.15, 0.2) is 30.3 Å². The number of likely N-dealkylation sites (tertiary alicyclic amines) is 1. The highest BCUT2D eigenvalue weighted by molar-refractivity contribution is 6.43. The summed E-state index contributed by atoms with van der Waals surface area (Å²) in [5.41, 5.74) is 3.59. The third kappa shape index (κ3) is 4.95. The Morgan fingerprint density at radius 1 is 1.09 bits per heavy atom. The Morgan fingerprint density at radius 3 is 2.50 bits per heavy atom. The Kier molecular flexibility index (Phi) is 7.80. The second-order valence-corrected chi connectivity index (χ2v) is 9.91. The number of halogens is 2. The smallest absolute Gasteiger partial charge is 0.317 e. The van der Waals surface area contributed by atoms with Crippen LogP contribution >= 0.6 is 23.2 Å². The molecular weight excluding hydrogens is 473 g/mol. The largest absolute Gasteiger partial charge is 0.497 e. The number of hydrogen-bond donors (Lipinski definition) is 1. The van der Waals surface area contributed by atoms with Crippen molar-refractivity contribution in [2.45, 2.75) is 50.7 Å². The molecule has 6 nitrogen and oxygen atoms in total. The fourth-order valence-electron chi connectivity index (χ4n) is 5.23. The number of nitrogens with one attached hydrogen (secondary N) is 1. The number of urea groups is 1. The summed E-state index contributed by atoms with van der Waals surface area (Å²) in [5, 5.41) is 3.83. The zero-order valence-electron chi connectivity index (χ0n) is 20.2. The Balaban J connectivity index is 1.33. The molecule has 0 saturated carbocycles. The van der Waals surface area contributed by atoms with Gasteiger partial charge in [0.2, 0.25) is 0 Å². The Labute approximate surface area is 212 Å². The van der Waals surface area contributed by atoms with E-state index in [0.717, 1.165) is 50.1 Å². The number of carbonyl (C=O) groups is 1. The van der Waals surface area contributed by atoms with E-state index in [1.54, 1.807) is 20.3 Å². The van der Waals surface area contributed by atoms with Crippen molar-refractivity contribution >= 4 is 29.2 Å². The highest BCUT2D eigenvalue weighted by Gasteiger charge is 2.33. The van der Waals surface area contributed by atoms with Gasteiger partial charge in [-0.2, -0.15) is 0 Å². The topological polar surface area (TPSA) is 54.0 Å². The second-order valence-electron chi connectivity index (χ2n) is 9.15. The maximum Gasteiger partial charge on any atom is 0.317 e. The van der Waals surface area contributed by atoms with Gasteiger partial charge in [0.25, 0.3) is 0 Å². The first-order valence-corrected chi connectivity index (χ1v) is 12.6. The molecule has 184 valence electrons. The predicted molar refractivity (Wildman–Crippen MR) is 136 cm³/mol. The van der Waals surface area contributed by atoms with Gasteiger partial charge in [-0.05, 0) is 67.5 Å². The van der Waals surface area contributed by atoms with E-state index in [2.05, 4.69) is 28.4 Å². The number of fused-ring (bicyclic) bond motifs is 1. The van der Waals surface area contributed by atoms with Crippen molar-refractivity contribution in [3.8, 4) is 11.5 Å². The lowest BCUT2D eigenvalue weighted by Gasteiger charge is -2.40. The fourth-order valence-corrected chi connectivity index (χ4v) is 5.80. The van der Waals surface area contributed by atoms with Gasteiger partial charge >= 0.3 is 6.03 Å². The van der Waals surface area contributed by atoms with Crippen molar-refractivity contribution in [2.24, 2.45) is 0 Å². The molecule has 1 unspecified atom stereocenters. The highest BCUT2D eigenvalue weighted by Crippen LogP contribution is 2.39. The minimum absolute atomic E-state index is 0.104. The molecule has 1 fully saturated rings. The van der Waals surface area contributed by atoms with E-state index in [1.165, 1.54) is 11.1 Å². The summed E-state index contributed by atoms with van der Waals surface area (Å²) < 4.78 is 10.6. The van der Waals surface area contributed by atoms with E-state index in [9.17, 15) is 4.79 Å². The number of hydrogen-bond acceptors (Lipinski definition) is 4. The summed E-state index contributed by atoms with van der Waals surface area (Å²) in [7, 11) is 5.14. The molecule has 1 aliphatic carbocycles. The van der Waals surface area contributed by atoms with Gasteiger partial charge in [0.1, 0.15) is 16.5 Å². The maximum absolute atomic E-state index is 13.0. The minimum Gasteiger partial charge on any atom is -0.497 e. The highest BCUT2D eigenvalue weighted by atomic mass is 35.5. The van der Waals surface area contributed by atoms with Crippen molar-refractivity contribution in [3.63, 3.8) is 0 Å². The molecule has 0 spiro atoms. The Hall–Kier alpha value is -2.15.